The monoisotopic (exact) mass is 210 g/mol. The summed E-state index contributed by atoms with van der Waals surface area (Å²) in [4.78, 5) is 6.46. The average molecular weight is 210 g/mol. The first-order valence-electron chi connectivity index (χ1n) is 4.46. The van der Waals surface area contributed by atoms with Crippen LogP contribution in [0.4, 0.5) is 0 Å². The Morgan fingerprint density at radius 1 is 1.19 bits per heavy atom. The Balaban J connectivity index is 2.28. The van der Waals surface area contributed by atoms with Crippen LogP contribution in [0.5, 0.6) is 5.75 Å². The van der Waals surface area contributed by atoms with Gasteiger partial charge in [0.1, 0.15) is 12.1 Å². The normalized spacial score (nSPS) is 9.12. The Hall–Kier alpha value is -2.79. The molecule has 0 atom stereocenters. The topological polar surface area (TPSA) is 74.6 Å². The molecule has 0 radical (unpaired) electrons. The zero-order valence-electron chi connectivity index (χ0n) is 8.16. The molecule has 76 valence electrons. The van der Waals surface area contributed by atoms with Gasteiger partial charge in [-0.15, -0.1) is 5.10 Å². The van der Waals surface area contributed by atoms with Crippen LogP contribution in [-0.2, 0) is 0 Å². The molecule has 0 aliphatic rings. The zero-order chi connectivity index (χ0) is 11.4. The molecule has 0 amide bonds. The van der Waals surface area contributed by atoms with Crippen LogP contribution in [0.1, 0.15) is 11.1 Å². The summed E-state index contributed by atoms with van der Waals surface area (Å²) in [6, 6.07) is 10.7. The molecule has 0 unspecified atom stereocenters. The Kier molecular flexibility index (Phi) is 2.53. The summed E-state index contributed by atoms with van der Waals surface area (Å²) in [5.41, 5.74) is 0.811. The van der Waals surface area contributed by atoms with Gasteiger partial charge >= 0.3 is 0 Å². The molecular formula is C11H6N4O. The van der Waals surface area contributed by atoms with Crippen LogP contribution in [-0.4, -0.2) is 9.94 Å². The summed E-state index contributed by atoms with van der Waals surface area (Å²) in [5, 5.41) is 21.3. The van der Waals surface area contributed by atoms with Crippen LogP contribution in [0, 0.1) is 22.7 Å². The SMILES string of the molecule is N#Cc1cnn(Oc2ccccc2C#N)c1. The van der Waals surface area contributed by atoms with E-state index >= 15 is 0 Å². The lowest BCUT2D eigenvalue weighted by Crippen LogP contribution is -2.06. The number of para-hydroxylation sites is 1. The molecule has 1 heterocycles. The Morgan fingerprint density at radius 2 is 2.00 bits per heavy atom. The van der Waals surface area contributed by atoms with Gasteiger partial charge in [0.2, 0.25) is 0 Å². The molecule has 5 heteroatoms. The standard InChI is InChI=1S/C11H6N4O/c12-5-9-7-14-15(8-9)16-11-4-2-1-3-10(11)6-13/h1-4,7-8H. The minimum Gasteiger partial charge on any atom is -0.357 e. The van der Waals surface area contributed by atoms with Gasteiger partial charge in [-0.05, 0) is 12.1 Å². The van der Waals surface area contributed by atoms with E-state index in [1.807, 2.05) is 12.1 Å². The predicted molar refractivity (Wildman–Crippen MR) is 54.1 cm³/mol. The second-order valence-electron chi connectivity index (χ2n) is 2.94. The van der Waals surface area contributed by atoms with Crippen molar-refractivity contribution in [3.63, 3.8) is 0 Å². The van der Waals surface area contributed by atoms with E-state index in [-0.39, 0.29) is 0 Å². The van der Waals surface area contributed by atoms with E-state index in [1.54, 1.807) is 24.3 Å². The molecule has 0 saturated heterocycles. The molecule has 0 fully saturated rings. The highest BCUT2D eigenvalue weighted by Gasteiger charge is 2.04. The summed E-state index contributed by atoms with van der Waals surface area (Å²) in [6.45, 7) is 0. The second-order valence-corrected chi connectivity index (χ2v) is 2.94. The van der Waals surface area contributed by atoms with Crippen molar-refractivity contribution in [1.82, 2.24) is 9.94 Å². The number of benzene rings is 1. The molecule has 16 heavy (non-hydrogen) atoms. The number of nitriles is 2. The predicted octanol–water partition coefficient (Wildman–Crippen LogP) is 1.47. The van der Waals surface area contributed by atoms with Crippen LogP contribution in [0.15, 0.2) is 36.7 Å². The molecule has 0 saturated carbocycles. The molecule has 2 rings (SSSR count). The second kappa shape index (κ2) is 4.16. The van der Waals surface area contributed by atoms with Gasteiger partial charge in [0.15, 0.2) is 5.75 Å². The fourth-order valence-corrected chi connectivity index (χ4v) is 1.15. The van der Waals surface area contributed by atoms with Crippen molar-refractivity contribution >= 4 is 0 Å². The lowest BCUT2D eigenvalue weighted by Gasteiger charge is -2.04. The van der Waals surface area contributed by atoms with Gasteiger partial charge in [-0.25, -0.2) is 0 Å². The van der Waals surface area contributed by atoms with E-state index < -0.39 is 0 Å². The lowest BCUT2D eigenvalue weighted by molar-refractivity contribution is 0.178. The summed E-state index contributed by atoms with van der Waals surface area (Å²) in [7, 11) is 0. The maximum atomic E-state index is 8.84. The quantitative estimate of drug-likeness (QED) is 0.752. The van der Waals surface area contributed by atoms with Gasteiger partial charge in [-0.1, -0.05) is 17.0 Å². The van der Waals surface area contributed by atoms with Crippen LogP contribution in [0.3, 0.4) is 0 Å². The first kappa shape index (κ1) is 9.75. The third-order valence-corrected chi connectivity index (χ3v) is 1.89. The third-order valence-electron chi connectivity index (χ3n) is 1.89. The van der Waals surface area contributed by atoms with Crippen molar-refractivity contribution in [1.29, 1.82) is 10.5 Å². The third kappa shape index (κ3) is 1.84. The molecule has 5 nitrogen and oxygen atoms in total. The van der Waals surface area contributed by atoms with E-state index in [0.717, 1.165) is 4.85 Å². The summed E-state index contributed by atoms with van der Waals surface area (Å²) in [5.74, 6) is 0.401. The lowest BCUT2D eigenvalue weighted by atomic mass is 10.2. The fraction of sp³-hybridized carbons (Fsp3) is 0. The molecule has 0 bridgehead atoms. The largest absolute Gasteiger partial charge is 0.357 e. The smallest absolute Gasteiger partial charge is 0.175 e. The molecule has 1 aromatic heterocycles. The summed E-state index contributed by atoms with van der Waals surface area (Å²) >= 11 is 0. The van der Waals surface area contributed by atoms with Crippen LogP contribution >= 0.6 is 0 Å². The van der Waals surface area contributed by atoms with Crippen molar-refractivity contribution in [2.24, 2.45) is 0 Å². The van der Waals surface area contributed by atoms with Crippen molar-refractivity contribution in [3.8, 4) is 17.9 Å². The number of nitrogens with zero attached hydrogens (tertiary/aromatic N) is 4. The van der Waals surface area contributed by atoms with Crippen molar-refractivity contribution in [3.05, 3.63) is 47.8 Å². The first-order valence-corrected chi connectivity index (χ1v) is 4.46. The van der Waals surface area contributed by atoms with Crippen LogP contribution in [0.2, 0.25) is 0 Å². The van der Waals surface area contributed by atoms with Crippen molar-refractivity contribution < 1.29 is 4.84 Å². The van der Waals surface area contributed by atoms with Gasteiger partial charge in [-0.3, -0.25) is 0 Å². The maximum Gasteiger partial charge on any atom is 0.175 e. The molecular weight excluding hydrogens is 204 g/mol. The minimum absolute atomic E-state index is 0.398. The van der Waals surface area contributed by atoms with Gasteiger partial charge < -0.3 is 4.84 Å². The zero-order valence-corrected chi connectivity index (χ0v) is 8.16. The number of hydrogen-bond acceptors (Lipinski definition) is 4. The Labute approximate surface area is 91.7 Å². The van der Waals surface area contributed by atoms with Crippen LogP contribution < -0.4 is 4.84 Å². The van der Waals surface area contributed by atoms with E-state index in [4.69, 9.17) is 15.4 Å². The van der Waals surface area contributed by atoms with Crippen LogP contribution in [0.25, 0.3) is 0 Å². The van der Waals surface area contributed by atoms with E-state index in [0.29, 0.717) is 16.9 Å². The molecule has 2 aromatic rings. The molecule has 0 aliphatic heterocycles. The van der Waals surface area contributed by atoms with Crippen molar-refractivity contribution in [2.45, 2.75) is 0 Å². The number of aromatic nitrogens is 2. The number of hydrogen-bond donors (Lipinski definition) is 0. The van der Waals surface area contributed by atoms with E-state index in [2.05, 4.69) is 5.10 Å². The van der Waals surface area contributed by atoms with Gasteiger partial charge in [-0.2, -0.15) is 10.5 Å². The van der Waals surface area contributed by atoms with Gasteiger partial charge in [0.05, 0.1) is 23.5 Å². The molecule has 0 aliphatic carbocycles. The fourth-order valence-electron chi connectivity index (χ4n) is 1.15. The molecule has 0 N–H and O–H groups in total. The van der Waals surface area contributed by atoms with E-state index in [9.17, 15) is 0 Å². The van der Waals surface area contributed by atoms with Gasteiger partial charge in [0.25, 0.3) is 0 Å². The highest BCUT2D eigenvalue weighted by atomic mass is 16.7. The maximum absolute atomic E-state index is 8.84. The highest BCUT2D eigenvalue weighted by Crippen LogP contribution is 2.16. The molecule has 1 aromatic carbocycles. The summed E-state index contributed by atoms with van der Waals surface area (Å²) < 4.78 is 0. The Bertz CT molecular complexity index is 589. The first-order chi connectivity index (χ1) is 7.83. The molecule has 0 spiro atoms. The average Bonchev–Trinajstić information content (AvgIpc) is 2.77. The summed E-state index contributed by atoms with van der Waals surface area (Å²) in [6.07, 6.45) is 2.82. The van der Waals surface area contributed by atoms with E-state index in [1.165, 1.54) is 12.4 Å². The van der Waals surface area contributed by atoms with Gasteiger partial charge in [0, 0.05) is 0 Å². The number of rotatable bonds is 2. The Morgan fingerprint density at radius 3 is 2.69 bits per heavy atom. The minimum atomic E-state index is 0.398. The van der Waals surface area contributed by atoms with Crippen molar-refractivity contribution in [2.75, 3.05) is 0 Å². The highest BCUT2D eigenvalue weighted by molar-refractivity contribution is 5.42.